The van der Waals surface area contributed by atoms with Crippen LogP contribution in [0.1, 0.15) is 20.3 Å². The Labute approximate surface area is 198 Å². The van der Waals surface area contributed by atoms with E-state index in [1.165, 1.54) is 30.7 Å². The van der Waals surface area contributed by atoms with Crippen molar-refractivity contribution in [1.82, 2.24) is 10.2 Å². The van der Waals surface area contributed by atoms with Crippen molar-refractivity contribution in [2.75, 3.05) is 32.5 Å². The molecule has 2 aliphatic rings. The molecular formula is C19H24ClN3O9S. The third kappa shape index (κ3) is 6.03. The molecule has 0 aromatic rings. The molecule has 0 aliphatic carbocycles. The first-order valence-electron chi connectivity index (χ1n) is 9.77. The summed E-state index contributed by atoms with van der Waals surface area (Å²) in [6.45, 7) is 3.03. The second-order valence-electron chi connectivity index (χ2n) is 6.74. The number of thioether (sulfide) groups is 1. The van der Waals surface area contributed by atoms with Gasteiger partial charge in [0.25, 0.3) is 11.8 Å². The first-order chi connectivity index (χ1) is 15.7. The summed E-state index contributed by atoms with van der Waals surface area (Å²) in [5, 5.41) is 5.16. The Morgan fingerprint density at radius 3 is 2.55 bits per heavy atom. The van der Waals surface area contributed by atoms with Crippen LogP contribution in [0.25, 0.3) is 0 Å². The average molecular weight is 506 g/mol. The number of hydrogen-bond donors (Lipinski definition) is 1. The summed E-state index contributed by atoms with van der Waals surface area (Å²) >= 11 is 6.77. The average Bonchev–Trinajstić information content (AvgIpc) is 2.79. The fourth-order valence-corrected chi connectivity index (χ4v) is 4.49. The van der Waals surface area contributed by atoms with Crippen molar-refractivity contribution in [2.45, 2.75) is 38.0 Å². The number of carbonyl (C=O) groups is 5. The minimum Gasteiger partial charge on any atom is -0.425 e. The molecule has 0 radical (unpaired) electrons. The Bertz CT molecular complexity index is 892. The number of β-lactam (4-membered cyclic amide) rings is 1. The fraction of sp³-hybridized carbons (Fsp3) is 0.579. The van der Waals surface area contributed by atoms with Gasteiger partial charge in [0.15, 0.2) is 0 Å². The number of nitrogens with zero attached hydrogens (tertiary/aromatic N) is 2. The van der Waals surface area contributed by atoms with Gasteiger partial charge in [0.2, 0.25) is 17.8 Å². The highest BCUT2D eigenvalue weighted by Gasteiger charge is 2.55. The topological polar surface area (TPSA) is 150 Å². The zero-order valence-corrected chi connectivity index (χ0v) is 20.0. The van der Waals surface area contributed by atoms with E-state index in [2.05, 4.69) is 15.3 Å². The molecule has 1 saturated heterocycles. The molecule has 182 valence electrons. The third-order valence-corrected chi connectivity index (χ3v) is 6.07. The molecule has 2 rings (SSSR count). The van der Waals surface area contributed by atoms with Gasteiger partial charge in [0, 0.05) is 26.2 Å². The van der Waals surface area contributed by atoms with Gasteiger partial charge in [-0.3, -0.25) is 24.1 Å². The number of rotatable bonds is 11. The van der Waals surface area contributed by atoms with Crippen LogP contribution in [0.3, 0.4) is 0 Å². The van der Waals surface area contributed by atoms with Crippen molar-refractivity contribution in [3.63, 3.8) is 0 Å². The molecule has 2 unspecified atom stereocenters. The number of fused-ring (bicyclic) bond motifs is 1. The van der Waals surface area contributed by atoms with Crippen LogP contribution in [0.2, 0.25) is 0 Å². The van der Waals surface area contributed by atoms with Crippen LogP contribution < -0.4 is 5.32 Å². The van der Waals surface area contributed by atoms with E-state index in [0.717, 1.165) is 7.11 Å². The molecular weight excluding hydrogens is 482 g/mol. The minimum absolute atomic E-state index is 0.0434. The number of hydrogen-bond acceptors (Lipinski definition) is 11. The molecule has 14 heteroatoms. The Hall–Kier alpha value is -2.64. The molecule has 3 atom stereocenters. The van der Waals surface area contributed by atoms with Gasteiger partial charge >= 0.3 is 11.9 Å². The van der Waals surface area contributed by atoms with Crippen LogP contribution in [-0.4, -0.2) is 90.3 Å². The molecule has 2 amide bonds. The number of carbonyl (C=O) groups excluding carboxylic acids is 5. The Morgan fingerprint density at radius 1 is 1.27 bits per heavy atom. The number of ketones is 1. The summed E-state index contributed by atoms with van der Waals surface area (Å²) in [6, 6.07) is -1.03. The monoisotopic (exact) mass is 505 g/mol. The van der Waals surface area contributed by atoms with Crippen LogP contribution in [0.4, 0.5) is 0 Å². The Kier molecular flexibility index (Phi) is 9.68. The van der Waals surface area contributed by atoms with Crippen LogP contribution >= 0.6 is 23.4 Å². The number of ether oxygens (including phenoxy) is 3. The maximum Gasteiger partial charge on any atom is 0.358 e. The maximum atomic E-state index is 12.9. The maximum absolute atomic E-state index is 12.9. The molecule has 0 aromatic carbocycles. The molecule has 33 heavy (non-hydrogen) atoms. The highest BCUT2D eigenvalue weighted by Crippen LogP contribution is 2.40. The largest absolute Gasteiger partial charge is 0.425 e. The number of oxime groups is 1. The van der Waals surface area contributed by atoms with Crippen LogP contribution in [0, 0.1) is 0 Å². The second-order valence-corrected chi connectivity index (χ2v) is 8.11. The van der Waals surface area contributed by atoms with E-state index in [1.807, 2.05) is 0 Å². The smallest absolute Gasteiger partial charge is 0.358 e. The normalized spacial score (nSPS) is 20.9. The summed E-state index contributed by atoms with van der Waals surface area (Å²) in [6.07, 6.45) is -1.07. The van der Waals surface area contributed by atoms with Crippen molar-refractivity contribution in [1.29, 1.82) is 0 Å². The SMILES string of the molecule is CCC(=O)OC(C)OC(=O)C1=C(COC)CS[C@H]2C(NC(=O)C(=NOC)C(=O)CCl)C(=O)N12. The zero-order valence-electron chi connectivity index (χ0n) is 18.4. The van der Waals surface area contributed by atoms with Crippen molar-refractivity contribution in [3.05, 3.63) is 11.3 Å². The summed E-state index contributed by atoms with van der Waals surface area (Å²) in [7, 11) is 2.59. The van der Waals surface area contributed by atoms with Gasteiger partial charge < -0.3 is 24.4 Å². The third-order valence-electron chi connectivity index (χ3n) is 4.49. The van der Waals surface area contributed by atoms with E-state index >= 15 is 0 Å². The highest BCUT2D eigenvalue weighted by atomic mass is 35.5. The van der Waals surface area contributed by atoms with E-state index < -0.39 is 58.8 Å². The summed E-state index contributed by atoms with van der Waals surface area (Å²) in [5.41, 5.74) is -0.130. The van der Waals surface area contributed by atoms with Crippen LogP contribution in [0.5, 0.6) is 0 Å². The molecule has 1 N–H and O–H groups in total. The number of nitrogens with one attached hydrogen (secondary N) is 1. The van der Waals surface area contributed by atoms with Gasteiger partial charge in [-0.2, -0.15) is 0 Å². The lowest BCUT2D eigenvalue weighted by Gasteiger charge is -2.49. The van der Waals surface area contributed by atoms with E-state index in [0.29, 0.717) is 11.3 Å². The van der Waals surface area contributed by atoms with Gasteiger partial charge in [0.05, 0.1) is 12.5 Å². The first-order valence-corrected chi connectivity index (χ1v) is 11.4. The quantitative estimate of drug-likeness (QED) is 0.0769. The number of halogens is 1. The van der Waals surface area contributed by atoms with Crippen molar-refractivity contribution in [3.8, 4) is 0 Å². The number of alkyl halides is 1. The number of Topliss-reactive ketones (excluding diaryl/α,β-unsaturated/α-hetero) is 1. The van der Waals surface area contributed by atoms with Gasteiger partial charge in [-0.1, -0.05) is 12.1 Å². The van der Waals surface area contributed by atoms with Crippen molar-refractivity contribution >= 4 is 58.6 Å². The number of amides is 2. The minimum atomic E-state index is -1.17. The fourth-order valence-electron chi connectivity index (χ4n) is 3.04. The lowest BCUT2D eigenvalue weighted by molar-refractivity contribution is -0.184. The number of esters is 2. The van der Waals surface area contributed by atoms with E-state index in [4.69, 9.17) is 25.8 Å². The molecule has 12 nitrogen and oxygen atoms in total. The van der Waals surface area contributed by atoms with Crippen molar-refractivity contribution in [2.24, 2.45) is 5.16 Å². The van der Waals surface area contributed by atoms with E-state index in [-0.39, 0.29) is 18.7 Å². The summed E-state index contributed by atoms with van der Waals surface area (Å²) in [4.78, 5) is 67.1. The standard InChI is InChI=1S/C19H24ClN3O9S/c1-5-12(25)31-9(2)32-19(28)15-10(7-29-3)8-33-18-14(17(27)23(15)18)21-16(26)13(22-30-4)11(24)6-20/h9,14,18H,5-8H2,1-4H3,(H,21,26)/t9?,14?,18-/m0/s1. The summed E-state index contributed by atoms with van der Waals surface area (Å²) < 4.78 is 15.3. The van der Waals surface area contributed by atoms with Crippen LogP contribution in [-0.2, 0) is 43.0 Å². The lowest BCUT2D eigenvalue weighted by Crippen LogP contribution is -2.71. The molecule has 1 fully saturated rings. The lowest BCUT2D eigenvalue weighted by atomic mass is 10.0. The highest BCUT2D eigenvalue weighted by molar-refractivity contribution is 8.00. The van der Waals surface area contributed by atoms with Gasteiger partial charge in [-0.25, -0.2) is 4.79 Å². The Balaban J connectivity index is 2.20. The number of methoxy groups -OCH3 is 1. The summed E-state index contributed by atoms with van der Waals surface area (Å²) in [5.74, 6) is -3.94. The Morgan fingerprint density at radius 2 is 1.97 bits per heavy atom. The predicted molar refractivity (Wildman–Crippen MR) is 116 cm³/mol. The van der Waals surface area contributed by atoms with Gasteiger partial charge in [-0.05, 0) is 5.57 Å². The first kappa shape index (κ1) is 26.6. The molecule has 0 bridgehead atoms. The predicted octanol–water partition coefficient (Wildman–Crippen LogP) is -0.0605. The molecule has 2 aliphatic heterocycles. The molecule has 0 spiro atoms. The van der Waals surface area contributed by atoms with E-state index in [9.17, 15) is 24.0 Å². The van der Waals surface area contributed by atoms with Gasteiger partial charge in [0.1, 0.15) is 24.2 Å². The van der Waals surface area contributed by atoms with E-state index in [1.54, 1.807) is 6.92 Å². The molecule has 0 aromatic heterocycles. The second kappa shape index (κ2) is 12.0. The van der Waals surface area contributed by atoms with Crippen LogP contribution in [0.15, 0.2) is 16.4 Å². The van der Waals surface area contributed by atoms with Gasteiger partial charge in [-0.15, -0.1) is 23.4 Å². The molecule has 2 heterocycles. The van der Waals surface area contributed by atoms with Crippen molar-refractivity contribution < 1.29 is 43.0 Å². The zero-order chi connectivity index (χ0) is 24.7. The molecule has 0 saturated carbocycles.